The number of nitrogens with zero attached hydrogens (tertiary/aromatic N) is 4. The molecule has 176 valence electrons. The molecule has 1 unspecified atom stereocenters. The van der Waals surface area contributed by atoms with E-state index in [9.17, 15) is 9.59 Å². The van der Waals surface area contributed by atoms with Crippen molar-refractivity contribution in [3.63, 3.8) is 0 Å². The summed E-state index contributed by atoms with van der Waals surface area (Å²) in [5.74, 6) is -0.473. The average Bonchev–Trinajstić information content (AvgIpc) is 3.50. The minimum absolute atomic E-state index is 0.0282. The fourth-order valence-electron chi connectivity index (χ4n) is 3.86. The van der Waals surface area contributed by atoms with Crippen LogP contribution in [0, 0.1) is 6.92 Å². The SMILES string of the molecule is COCCNC(=O)C(c1ccccc1C)N(Cc1cccs1)C(=O)Cn1nnc2ccccc21. The standard InChI is InChI=1S/C25H27N5O3S/c1-18-8-3-4-10-20(18)24(25(32)26-13-14-33-2)29(16-19-9-7-15-34-19)23(31)17-30-22-12-6-5-11-21(22)27-28-30/h3-12,15,24H,13-14,16-17H2,1-2H3,(H,26,32). The van der Waals surface area contributed by atoms with Crippen LogP contribution in [0.25, 0.3) is 11.0 Å². The highest BCUT2D eigenvalue weighted by Crippen LogP contribution is 2.28. The molecule has 0 aliphatic carbocycles. The van der Waals surface area contributed by atoms with E-state index in [1.807, 2.05) is 73.0 Å². The Bertz CT molecular complexity index is 1250. The van der Waals surface area contributed by atoms with Gasteiger partial charge in [0, 0.05) is 18.5 Å². The van der Waals surface area contributed by atoms with Crippen molar-refractivity contribution in [1.29, 1.82) is 0 Å². The predicted octanol–water partition coefficient (Wildman–Crippen LogP) is 3.33. The van der Waals surface area contributed by atoms with E-state index in [2.05, 4.69) is 15.6 Å². The summed E-state index contributed by atoms with van der Waals surface area (Å²) in [5.41, 5.74) is 3.20. The molecule has 0 fully saturated rings. The molecule has 0 saturated heterocycles. The number of fused-ring (bicyclic) bond motifs is 1. The van der Waals surface area contributed by atoms with E-state index in [0.29, 0.717) is 25.2 Å². The molecule has 0 aliphatic rings. The molecule has 0 aliphatic heterocycles. The minimum Gasteiger partial charge on any atom is -0.383 e. The van der Waals surface area contributed by atoms with Crippen molar-refractivity contribution < 1.29 is 14.3 Å². The van der Waals surface area contributed by atoms with Gasteiger partial charge in [-0.3, -0.25) is 9.59 Å². The molecular weight excluding hydrogens is 450 g/mol. The van der Waals surface area contributed by atoms with Gasteiger partial charge >= 0.3 is 0 Å². The normalized spacial score (nSPS) is 11.9. The van der Waals surface area contributed by atoms with Crippen LogP contribution in [0.3, 0.4) is 0 Å². The maximum absolute atomic E-state index is 13.8. The second-order valence-corrected chi connectivity index (χ2v) is 8.91. The first-order chi connectivity index (χ1) is 16.6. The molecule has 2 heterocycles. The van der Waals surface area contributed by atoms with Crippen LogP contribution in [0.5, 0.6) is 0 Å². The summed E-state index contributed by atoms with van der Waals surface area (Å²) in [7, 11) is 1.58. The van der Waals surface area contributed by atoms with Gasteiger partial charge in [-0.25, -0.2) is 4.68 Å². The number of hydrogen-bond acceptors (Lipinski definition) is 6. The van der Waals surface area contributed by atoms with Gasteiger partial charge in [0.25, 0.3) is 0 Å². The van der Waals surface area contributed by atoms with Gasteiger partial charge in [0.05, 0.1) is 18.7 Å². The lowest BCUT2D eigenvalue weighted by Crippen LogP contribution is -2.45. The van der Waals surface area contributed by atoms with Crippen molar-refractivity contribution in [2.24, 2.45) is 0 Å². The maximum atomic E-state index is 13.8. The van der Waals surface area contributed by atoms with E-state index >= 15 is 0 Å². The van der Waals surface area contributed by atoms with Crippen LogP contribution in [-0.2, 0) is 27.4 Å². The molecular formula is C25H27N5O3S. The maximum Gasteiger partial charge on any atom is 0.247 e. The van der Waals surface area contributed by atoms with Crippen LogP contribution in [0.15, 0.2) is 66.0 Å². The Labute approximate surface area is 202 Å². The molecule has 9 heteroatoms. The minimum atomic E-state index is -0.803. The topological polar surface area (TPSA) is 89.4 Å². The van der Waals surface area contributed by atoms with Crippen molar-refractivity contribution >= 4 is 34.2 Å². The lowest BCUT2D eigenvalue weighted by Gasteiger charge is -2.32. The van der Waals surface area contributed by atoms with Crippen LogP contribution in [0.4, 0.5) is 0 Å². The molecule has 4 aromatic rings. The van der Waals surface area contributed by atoms with E-state index in [1.165, 1.54) is 0 Å². The quantitative estimate of drug-likeness (QED) is 0.354. The second-order valence-electron chi connectivity index (χ2n) is 7.88. The highest BCUT2D eigenvalue weighted by molar-refractivity contribution is 7.09. The van der Waals surface area contributed by atoms with Gasteiger partial charge in [-0.1, -0.05) is 47.7 Å². The fraction of sp³-hybridized carbons (Fsp3) is 0.280. The Balaban J connectivity index is 1.71. The third kappa shape index (κ3) is 5.32. The lowest BCUT2D eigenvalue weighted by atomic mass is 9.98. The summed E-state index contributed by atoms with van der Waals surface area (Å²) >= 11 is 1.55. The number of benzene rings is 2. The first-order valence-electron chi connectivity index (χ1n) is 11.0. The number of thiophene rings is 1. The summed E-state index contributed by atoms with van der Waals surface area (Å²) in [6.45, 7) is 2.96. The van der Waals surface area contributed by atoms with Gasteiger partial charge in [0.1, 0.15) is 18.1 Å². The summed E-state index contributed by atoms with van der Waals surface area (Å²) < 4.78 is 6.67. The molecule has 2 amide bonds. The number of aryl methyl sites for hydroxylation is 1. The van der Waals surface area contributed by atoms with Crippen molar-refractivity contribution in [3.8, 4) is 0 Å². The van der Waals surface area contributed by atoms with Crippen LogP contribution in [-0.4, -0.2) is 52.0 Å². The van der Waals surface area contributed by atoms with E-state index in [-0.39, 0.29) is 18.4 Å². The average molecular weight is 478 g/mol. The van der Waals surface area contributed by atoms with Crippen LogP contribution in [0.1, 0.15) is 22.0 Å². The molecule has 34 heavy (non-hydrogen) atoms. The van der Waals surface area contributed by atoms with Crippen molar-refractivity contribution in [1.82, 2.24) is 25.2 Å². The number of nitrogens with one attached hydrogen (secondary N) is 1. The molecule has 1 atom stereocenters. The lowest BCUT2D eigenvalue weighted by molar-refractivity contribution is -0.142. The molecule has 2 aromatic heterocycles. The number of carbonyl (C=O) groups is 2. The third-order valence-electron chi connectivity index (χ3n) is 5.58. The van der Waals surface area contributed by atoms with E-state index in [1.54, 1.807) is 28.0 Å². The summed E-state index contributed by atoms with van der Waals surface area (Å²) in [6, 6.07) is 18.3. The predicted molar refractivity (Wildman–Crippen MR) is 131 cm³/mol. The number of para-hydroxylation sites is 1. The molecule has 8 nitrogen and oxygen atoms in total. The highest BCUT2D eigenvalue weighted by atomic mass is 32.1. The molecule has 0 spiro atoms. The van der Waals surface area contributed by atoms with Gasteiger partial charge in [0.2, 0.25) is 11.8 Å². The van der Waals surface area contributed by atoms with Gasteiger partial charge < -0.3 is 15.0 Å². The number of hydrogen-bond donors (Lipinski definition) is 1. The summed E-state index contributed by atoms with van der Waals surface area (Å²) in [4.78, 5) is 29.9. The monoisotopic (exact) mass is 477 g/mol. The Morgan fingerprint density at radius 2 is 1.91 bits per heavy atom. The Morgan fingerprint density at radius 3 is 2.68 bits per heavy atom. The van der Waals surface area contributed by atoms with E-state index in [4.69, 9.17) is 4.74 Å². The zero-order valence-corrected chi connectivity index (χ0v) is 20.0. The van der Waals surface area contributed by atoms with Gasteiger partial charge in [-0.2, -0.15) is 0 Å². The molecule has 1 N–H and O–H groups in total. The largest absolute Gasteiger partial charge is 0.383 e. The van der Waals surface area contributed by atoms with Crippen molar-refractivity contribution in [3.05, 3.63) is 82.0 Å². The summed E-state index contributed by atoms with van der Waals surface area (Å²) in [6.07, 6.45) is 0. The van der Waals surface area contributed by atoms with Crippen LogP contribution < -0.4 is 5.32 Å². The number of methoxy groups -OCH3 is 1. The van der Waals surface area contributed by atoms with Gasteiger partial charge in [-0.15, -0.1) is 16.4 Å². The van der Waals surface area contributed by atoms with E-state index in [0.717, 1.165) is 21.5 Å². The molecule has 0 bridgehead atoms. The van der Waals surface area contributed by atoms with E-state index < -0.39 is 6.04 Å². The first kappa shape index (κ1) is 23.6. The van der Waals surface area contributed by atoms with Crippen LogP contribution >= 0.6 is 11.3 Å². The number of aromatic nitrogens is 3. The number of rotatable bonds is 10. The molecule has 0 radical (unpaired) electrons. The molecule has 4 rings (SSSR count). The third-order valence-corrected chi connectivity index (χ3v) is 6.44. The van der Waals surface area contributed by atoms with Gasteiger partial charge in [-0.05, 0) is 41.6 Å². The number of carbonyl (C=O) groups excluding carboxylic acids is 2. The number of ether oxygens (including phenoxy) is 1. The molecule has 2 aromatic carbocycles. The second kappa shape index (κ2) is 11.0. The van der Waals surface area contributed by atoms with Gasteiger partial charge in [0.15, 0.2) is 0 Å². The molecule has 0 saturated carbocycles. The van der Waals surface area contributed by atoms with Crippen LogP contribution in [0.2, 0.25) is 0 Å². The highest BCUT2D eigenvalue weighted by Gasteiger charge is 2.33. The zero-order valence-electron chi connectivity index (χ0n) is 19.2. The van der Waals surface area contributed by atoms with Crippen molar-refractivity contribution in [2.45, 2.75) is 26.1 Å². The fourth-order valence-corrected chi connectivity index (χ4v) is 4.57. The Morgan fingerprint density at radius 1 is 1.12 bits per heavy atom. The Hall–Kier alpha value is -3.56. The van der Waals surface area contributed by atoms with Crippen molar-refractivity contribution in [2.75, 3.05) is 20.3 Å². The summed E-state index contributed by atoms with van der Waals surface area (Å²) in [5, 5.41) is 13.2. The first-order valence-corrected chi connectivity index (χ1v) is 11.9. The number of amides is 2. The Kier molecular flexibility index (Phi) is 7.66. The smallest absolute Gasteiger partial charge is 0.247 e. The zero-order chi connectivity index (χ0) is 23.9.